The van der Waals surface area contributed by atoms with Gasteiger partial charge in [-0.2, -0.15) is 101 Å². The highest BCUT2D eigenvalue weighted by Crippen LogP contribution is 2.67. The lowest BCUT2D eigenvalue weighted by atomic mass is 9.85. The predicted octanol–water partition coefficient (Wildman–Crippen LogP) is 11.1. The number of carbonyl (C=O) groups excluding carboxylic acids is 1. The normalized spacial score (nSPS) is 15.4. The number of carbonyl (C=O) groups is 1. The van der Waals surface area contributed by atoms with Crippen LogP contribution in [-0.4, -0.2) is 78.0 Å². The second-order valence-electron chi connectivity index (χ2n) is 10.6. The van der Waals surface area contributed by atoms with Gasteiger partial charge in [0.25, 0.3) is 0 Å². The first-order chi connectivity index (χ1) is 23.0. The van der Waals surface area contributed by atoms with E-state index in [-0.39, 0.29) is 21.5 Å². The van der Waals surface area contributed by atoms with Crippen LogP contribution >= 0.6 is 0 Å². The first kappa shape index (κ1) is 42.5. The standard InChI is InChI=1S/C27H11F23O2/c28-17(29,10-52-16(51)15-13-7-3-1-5-11(13)9-12-6-2-4-8-14(12)15)18(30,31)19(32,33)20(34,35)21(36,37)22(38,39)23(40,41)24(42,43)25(44,45)26(46,47)27(48,49)50/h1-9H,10H2. The molecule has 2 nitrogen and oxygen atoms in total. The van der Waals surface area contributed by atoms with Gasteiger partial charge in [-0.15, -0.1) is 0 Å². The highest BCUT2D eigenvalue weighted by molar-refractivity contribution is 6.16. The summed E-state index contributed by atoms with van der Waals surface area (Å²) in [6, 6.07) is 11.1. The van der Waals surface area contributed by atoms with Crippen LogP contribution in [0.2, 0.25) is 0 Å². The lowest BCUT2D eigenvalue weighted by Crippen LogP contribution is -2.77. The Morgan fingerprint density at radius 1 is 0.423 bits per heavy atom. The molecule has 0 spiro atoms. The van der Waals surface area contributed by atoms with Crippen LogP contribution in [0.4, 0.5) is 101 Å². The maximum Gasteiger partial charge on any atom is 0.460 e. The van der Waals surface area contributed by atoms with Crippen LogP contribution in [0.1, 0.15) is 10.4 Å². The molecule has 0 unspecified atom stereocenters. The number of halogens is 23. The number of rotatable bonds is 12. The topological polar surface area (TPSA) is 26.3 Å². The van der Waals surface area contributed by atoms with Crippen LogP contribution in [0.15, 0.2) is 54.6 Å². The van der Waals surface area contributed by atoms with Crippen LogP contribution in [0.3, 0.4) is 0 Å². The summed E-state index contributed by atoms with van der Waals surface area (Å²) in [5.74, 6) is -91.1. The van der Waals surface area contributed by atoms with Gasteiger partial charge >= 0.3 is 71.4 Å². The van der Waals surface area contributed by atoms with E-state index >= 15 is 0 Å². The fourth-order valence-electron chi connectivity index (χ4n) is 4.34. The van der Waals surface area contributed by atoms with Crippen molar-refractivity contribution in [1.29, 1.82) is 0 Å². The fraction of sp³-hybridized carbons (Fsp3) is 0.444. The van der Waals surface area contributed by atoms with Gasteiger partial charge in [0.1, 0.15) is 0 Å². The summed E-state index contributed by atoms with van der Waals surface area (Å²) >= 11 is 0. The molecule has 0 radical (unpaired) electrons. The Labute approximate surface area is 271 Å². The third-order valence-corrected chi connectivity index (χ3v) is 7.33. The maximum absolute atomic E-state index is 14.4. The predicted molar refractivity (Wildman–Crippen MR) is 127 cm³/mol. The van der Waals surface area contributed by atoms with Crippen molar-refractivity contribution in [2.45, 2.75) is 65.4 Å². The molecule has 0 heterocycles. The SMILES string of the molecule is O=C(OCC(F)(F)C(F)(F)C(F)(F)C(F)(F)C(F)(F)C(F)(F)C(F)(F)C(F)(F)C(F)(F)C(F)(F)C(F)(F)F)c1c2ccccc2cc2ccccc12. The molecule has 0 atom stereocenters. The summed E-state index contributed by atoms with van der Waals surface area (Å²) in [4.78, 5) is 12.7. The molecule has 3 aromatic carbocycles. The van der Waals surface area contributed by atoms with Crippen LogP contribution < -0.4 is 0 Å². The van der Waals surface area contributed by atoms with Gasteiger partial charge in [0, 0.05) is 0 Å². The van der Waals surface area contributed by atoms with Crippen LogP contribution in [0, 0.1) is 0 Å². The van der Waals surface area contributed by atoms with Crippen LogP contribution in [0.5, 0.6) is 0 Å². The Balaban J connectivity index is 2.05. The van der Waals surface area contributed by atoms with E-state index < -0.39 is 83.5 Å². The van der Waals surface area contributed by atoms with E-state index in [9.17, 15) is 106 Å². The van der Waals surface area contributed by atoms with Gasteiger partial charge in [-0.25, -0.2) is 4.79 Å². The molecule has 25 heteroatoms. The van der Waals surface area contributed by atoms with Crippen LogP contribution in [-0.2, 0) is 4.74 Å². The molecule has 0 saturated heterocycles. The summed E-state index contributed by atoms with van der Waals surface area (Å²) in [7, 11) is 0. The molecule has 0 amide bonds. The molecule has 0 N–H and O–H groups in total. The van der Waals surface area contributed by atoms with E-state index in [1.807, 2.05) is 0 Å². The average Bonchev–Trinajstić information content (AvgIpc) is 3.00. The largest absolute Gasteiger partial charge is 0.460 e. The Kier molecular flexibility index (Phi) is 9.82. The minimum atomic E-state index is -9.49. The van der Waals surface area contributed by atoms with Gasteiger partial charge in [0.2, 0.25) is 0 Å². The summed E-state index contributed by atoms with van der Waals surface area (Å²) < 4.78 is 318. The number of alkyl halides is 23. The molecule has 292 valence electrons. The number of esters is 1. The number of benzene rings is 3. The van der Waals surface area contributed by atoms with Crippen molar-refractivity contribution in [2.75, 3.05) is 6.61 Å². The zero-order chi connectivity index (χ0) is 40.7. The van der Waals surface area contributed by atoms with E-state index in [1.54, 1.807) is 0 Å². The van der Waals surface area contributed by atoms with Gasteiger partial charge in [-0.05, 0) is 27.6 Å². The van der Waals surface area contributed by atoms with E-state index in [0.29, 0.717) is 0 Å². The third-order valence-electron chi connectivity index (χ3n) is 7.33. The van der Waals surface area contributed by atoms with Gasteiger partial charge in [-0.1, -0.05) is 48.5 Å². The zero-order valence-electron chi connectivity index (χ0n) is 23.9. The second kappa shape index (κ2) is 12.0. The Morgan fingerprint density at radius 2 is 0.712 bits per heavy atom. The molecule has 0 saturated carbocycles. The van der Waals surface area contributed by atoms with E-state index in [0.717, 1.165) is 12.1 Å². The molecule has 0 aliphatic rings. The smallest absolute Gasteiger partial charge is 0.455 e. The Morgan fingerprint density at radius 3 is 1.04 bits per heavy atom. The first-order valence-corrected chi connectivity index (χ1v) is 12.9. The highest BCUT2D eigenvalue weighted by atomic mass is 19.4. The average molecular weight is 804 g/mol. The number of ether oxygens (including phenoxy) is 1. The van der Waals surface area contributed by atoms with E-state index in [2.05, 4.69) is 4.74 Å². The lowest BCUT2D eigenvalue weighted by molar-refractivity contribution is -0.478. The molecule has 0 aliphatic heterocycles. The van der Waals surface area contributed by atoms with E-state index in [4.69, 9.17) is 0 Å². The van der Waals surface area contributed by atoms with Crippen molar-refractivity contribution in [3.05, 3.63) is 60.2 Å². The summed E-state index contributed by atoms with van der Waals surface area (Å²) in [5, 5.41) is -0.309. The molecule has 0 fully saturated rings. The third kappa shape index (κ3) is 5.52. The summed E-state index contributed by atoms with van der Waals surface area (Å²) in [6.45, 7) is -3.56. The van der Waals surface area contributed by atoms with Crippen molar-refractivity contribution < 1.29 is 111 Å². The van der Waals surface area contributed by atoms with Gasteiger partial charge < -0.3 is 4.74 Å². The molecular formula is C27H11F23O2. The number of hydrogen-bond donors (Lipinski definition) is 0. The van der Waals surface area contributed by atoms with Crippen molar-refractivity contribution in [2.24, 2.45) is 0 Å². The van der Waals surface area contributed by atoms with Gasteiger partial charge in [0.05, 0.1) is 5.56 Å². The molecule has 3 rings (SSSR count). The molecule has 52 heavy (non-hydrogen) atoms. The lowest BCUT2D eigenvalue weighted by Gasteiger charge is -2.45. The highest BCUT2D eigenvalue weighted by Gasteiger charge is 2.98. The quantitative estimate of drug-likeness (QED) is 0.104. The molecule has 0 aromatic heterocycles. The molecule has 3 aromatic rings. The van der Waals surface area contributed by atoms with E-state index in [1.165, 1.54) is 42.5 Å². The summed E-state index contributed by atoms with van der Waals surface area (Å²) in [6.07, 6.45) is -8.14. The van der Waals surface area contributed by atoms with Crippen molar-refractivity contribution in [1.82, 2.24) is 0 Å². The molecule has 0 aliphatic carbocycles. The monoisotopic (exact) mass is 804 g/mol. The number of hydrogen-bond acceptors (Lipinski definition) is 2. The maximum atomic E-state index is 14.4. The van der Waals surface area contributed by atoms with Crippen molar-refractivity contribution in [3.63, 3.8) is 0 Å². The van der Waals surface area contributed by atoms with Crippen molar-refractivity contribution >= 4 is 27.5 Å². The Hall–Kier alpha value is -3.96. The van der Waals surface area contributed by atoms with Gasteiger partial charge in [0.15, 0.2) is 6.61 Å². The second-order valence-corrected chi connectivity index (χ2v) is 10.6. The molecular weight excluding hydrogens is 793 g/mol. The number of fused-ring (bicyclic) bond motifs is 2. The van der Waals surface area contributed by atoms with Crippen molar-refractivity contribution in [3.8, 4) is 0 Å². The zero-order valence-corrected chi connectivity index (χ0v) is 23.9. The minimum Gasteiger partial charge on any atom is -0.455 e. The van der Waals surface area contributed by atoms with Crippen LogP contribution in [0.25, 0.3) is 21.5 Å². The first-order valence-electron chi connectivity index (χ1n) is 12.9. The minimum absolute atomic E-state index is 0.0850. The van der Waals surface area contributed by atoms with Gasteiger partial charge in [-0.3, -0.25) is 0 Å². The molecule has 0 bridgehead atoms. The fourth-order valence-corrected chi connectivity index (χ4v) is 4.34. The summed E-state index contributed by atoms with van der Waals surface area (Å²) in [5.41, 5.74) is -0.813. The Bertz CT molecular complexity index is 1770.